The molecular weight excluding hydrogens is 216 g/mol. The van der Waals surface area contributed by atoms with E-state index >= 15 is 0 Å². The average Bonchev–Trinajstić information content (AvgIpc) is 2.49. The minimum atomic E-state index is -0.150. The van der Waals surface area contributed by atoms with Crippen LogP contribution >= 0.6 is 0 Å². The molecule has 1 heterocycles. The standard InChI is InChI=1S/C14H12O3/c15-11-7-10-6-5-9-3-1-2-4-13(9)17-14(10)8-12(11)16/h1-4,7-8,15-16H,5-6H2. The van der Waals surface area contributed by atoms with E-state index < -0.39 is 0 Å². The molecule has 0 radical (unpaired) electrons. The van der Waals surface area contributed by atoms with Crippen molar-refractivity contribution in [2.75, 3.05) is 0 Å². The Balaban J connectivity index is 2.11. The number of phenolic OH excluding ortho intramolecular Hbond substituents is 2. The highest BCUT2D eigenvalue weighted by Gasteiger charge is 2.16. The van der Waals surface area contributed by atoms with Crippen LogP contribution in [-0.2, 0) is 12.8 Å². The van der Waals surface area contributed by atoms with Gasteiger partial charge in [-0.15, -0.1) is 0 Å². The SMILES string of the molecule is Oc1cc2c(cc1O)Oc1ccccc1CC2. The van der Waals surface area contributed by atoms with Crippen molar-refractivity contribution >= 4 is 0 Å². The van der Waals surface area contributed by atoms with Crippen molar-refractivity contribution in [2.24, 2.45) is 0 Å². The number of aryl methyl sites for hydroxylation is 2. The van der Waals surface area contributed by atoms with Crippen LogP contribution in [-0.4, -0.2) is 10.2 Å². The first-order valence-electron chi connectivity index (χ1n) is 5.54. The molecular formula is C14H12O3. The molecule has 0 bridgehead atoms. The number of fused-ring (bicyclic) bond motifs is 2. The largest absolute Gasteiger partial charge is 0.504 e. The molecule has 0 aliphatic carbocycles. The van der Waals surface area contributed by atoms with Crippen molar-refractivity contribution in [2.45, 2.75) is 12.8 Å². The number of hydrogen-bond acceptors (Lipinski definition) is 3. The second-order valence-corrected chi connectivity index (χ2v) is 4.16. The zero-order valence-electron chi connectivity index (χ0n) is 9.18. The Morgan fingerprint density at radius 2 is 1.53 bits per heavy atom. The molecule has 0 saturated heterocycles. The lowest BCUT2D eigenvalue weighted by Crippen LogP contribution is -1.88. The smallest absolute Gasteiger partial charge is 0.161 e. The van der Waals surface area contributed by atoms with Gasteiger partial charge in [0.1, 0.15) is 11.5 Å². The van der Waals surface area contributed by atoms with Crippen LogP contribution in [0.5, 0.6) is 23.0 Å². The molecule has 0 unspecified atom stereocenters. The van der Waals surface area contributed by atoms with Gasteiger partial charge in [-0.25, -0.2) is 0 Å². The summed E-state index contributed by atoms with van der Waals surface area (Å²) in [6.07, 6.45) is 1.66. The highest BCUT2D eigenvalue weighted by molar-refractivity contribution is 5.52. The fourth-order valence-corrected chi connectivity index (χ4v) is 2.09. The van der Waals surface area contributed by atoms with Crippen molar-refractivity contribution in [3.63, 3.8) is 0 Å². The van der Waals surface area contributed by atoms with E-state index in [0.29, 0.717) is 5.75 Å². The summed E-state index contributed by atoms with van der Waals surface area (Å²) in [5.74, 6) is 1.18. The summed E-state index contributed by atoms with van der Waals surface area (Å²) in [4.78, 5) is 0. The Kier molecular flexibility index (Phi) is 2.18. The third-order valence-corrected chi connectivity index (χ3v) is 3.01. The number of rotatable bonds is 0. The first-order valence-corrected chi connectivity index (χ1v) is 5.54. The molecule has 2 N–H and O–H groups in total. The topological polar surface area (TPSA) is 49.7 Å². The minimum Gasteiger partial charge on any atom is -0.504 e. The maximum absolute atomic E-state index is 9.49. The fraction of sp³-hybridized carbons (Fsp3) is 0.143. The van der Waals surface area contributed by atoms with E-state index in [1.165, 1.54) is 6.07 Å². The zero-order valence-corrected chi connectivity index (χ0v) is 9.18. The molecule has 3 nitrogen and oxygen atoms in total. The first kappa shape index (κ1) is 10.0. The van der Waals surface area contributed by atoms with Crippen molar-refractivity contribution in [3.05, 3.63) is 47.5 Å². The summed E-state index contributed by atoms with van der Waals surface area (Å²) in [6.45, 7) is 0. The Morgan fingerprint density at radius 3 is 2.41 bits per heavy atom. The third kappa shape index (κ3) is 1.69. The van der Waals surface area contributed by atoms with Crippen LogP contribution in [0, 0.1) is 0 Å². The molecule has 0 spiro atoms. The van der Waals surface area contributed by atoms with Crippen molar-refractivity contribution in [1.29, 1.82) is 0 Å². The molecule has 86 valence electrons. The molecule has 0 fully saturated rings. The maximum atomic E-state index is 9.49. The normalized spacial score (nSPS) is 13.2. The number of phenols is 2. The second-order valence-electron chi connectivity index (χ2n) is 4.16. The van der Waals surface area contributed by atoms with Gasteiger partial charge in [0.15, 0.2) is 11.5 Å². The van der Waals surface area contributed by atoms with Crippen LogP contribution < -0.4 is 4.74 Å². The fourth-order valence-electron chi connectivity index (χ4n) is 2.09. The zero-order chi connectivity index (χ0) is 11.8. The number of benzene rings is 2. The summed E-state index contributed by atoms with van der Waals surface area (Å²) >= 11 is 0. The predicted molar refractivity (Wildman–Crippen MR) is 63.7 cm³/mol. The Hall–Kier alpha value is -2.16. The van der Waals surface area contributed by atoms with Gasteiger partial charge in [-0.3, -0.25) is 0 Å². The van der Waals surface area contributed by atoms with Gasteiger partial charge < -0.3 is 14.9 Å². The lowest BCUT2D eigenvalue weighted by Gasteiger charge is -2.09. The summed E-state index contributed by atoms with van der Waals surface area (Å²) in [5.41, 5.74) is 2.05. The van der Waals surface area contributed by atoms with Crippen LogP contribution in [0.2, 0.25) is 0 Å². The van der Waals surface area contributed by atoms with E-state index in [0.717, 1.165) is 29.7 Å². The molecule has 0 atom stereocenters. The number of ether oxygens (including phenoxy) is 1. The van der Waals surface area contributed by atoms with Gasteiger partial charge in [0.2, 0.25) is 0 Å². The molecule has 17 heavy (non-hydrogen) atoms. The molecule has 1 aliphatic heterocycles. The number of aromatic hydroxyl groups is 2. The van der Waals surface area contributed by atoms with Gasteiger partial charge in [0.25, 0.3) is 0 Å². The minimum absolute atomic E-state index is 0.0988. The summed E-state index contributed by atoms with van der Waals surface area (Å²) < 4.78 is 5.77. The summed E-state index contributed by atoms with van der Waals surface area (Å²) in [7, 11) is 0. The average molecular weight is 228 g/mol. The van der Waals surface area contributed by atoms with Crippen molar-refractivity contribution in [1.82, 2.24) is 0 Å². The molecule has 0 saturated carbocycles. The van der Waals surface area contributed by atoms with E-state index in [-0.39, 0.29) is 11.5 Å². The number of hydrogen-bond donors (Lipinski definition) is 2. The van der Waals surface area contributed by atoms with E-state index in [4.69, 9.17) is 4.74 Å². The first-order chi connectivity index (χ1) is 8.24. The molecule has 0 amide bonds. The highest BCUT2D eigenvalue weighted by Crippen LogP contribution is 2.39. The molecule has 3 heteroatoms. The van der Waals surface area contributed by atoms with Crippen molar-refractivity contribution in [3.8, 4) is 23.0 Å². The second kappa shape index (κ2) is 3.70. The Labute approximate surface area is 98.9 Å². The van der Waals surface area contributed by atoms with E-state index in [2.05, 4.69) is 0 Å². The van der Waals surface area contributed by atoms with Crippen LogP contribution in [0.4, 0.5) is 0 Å². The molecule has 2 aromatic rings. The predicted octanol–water partition coefficient (Wildman–Crippen LogP) is 2.99. The third-order valence-electron chi connectivity index (χ3n) is 3.01. The molecule has 3 rings (SSSR count). The van der Waals surface area contributed by atoms with Crippen LogP contribution in [0.25, 0.3) is 0 Å². The lowest BCUT2D eigenvalue weighted by atomic mass is 10.0. The monoisotopic (exact) mass is 228 g/mol. The Morgan fingerprint density at radius 1 is 0.824 bits per heavy atom. The summed E-state index contributed by atoms with van der Waals surface area (Å²) in [5, 5.41) is 19.0. The summed E-state index contributed by atoms with van der Waals surface area (Å²) in [6, 6.07) is 10.9. The van der Waals surface area contributed by atoms with Crippen LogP contribution in [0.3, 0.4) is 0 Å². The van der Waals surface area contributed by atoms with Gasteiger partial charge >= 0.3 is 0 Å². The van der Waals surface area contributed by atoms with Crippen molar-refractivity contribution < 1.29 is 14.9 Å². The van der Waals surface area contributed by atoms with Gasteiger partial charge in [0.05, 0.1) is 0 Å². The number of para-hydroxylation sites is 1. The highest BCUT2D eigenvalue weighted by atomic mass is 16.5. The molecule has 2 aromatic carbocycles. The van der Waals surface area contributed by atoms with E-state index in [9.17, 15) is 10.2 Å². The van der Waals surface area contributed by atoms with Gasteiger partial charge in [-0.1, -0.05) is 18.2 Å². The maximum Gasteiger partial charge on any atom is 0.161 e. The van der Waals surface area contributed by atoms with Gasteiger partial charge in [-0.2, -0.15) is 0 Å². The van der Waals surface area contributed by atoms with Crippen LogP contribution in [0.1, 0.15) is 11.1 Å². The molecule has 0 aromatic heterocycles. The van der Waals surface area contributed by atoms with E-state index in [1.807, 2.05) is 24.3 Å². The van der Waals surface area contributed by atoms with Gasteiger partial charge in [0, 0.05) is 6.07 Å². The Bertz CT molecular complexity index is 576. The molecule has 1 aliphatic rings. The van der Waals surface area contributed by atoms with Gasteiger partial charge in [-0.05, 0) is 36.1 Å². The quantitative estimate of drug-likeness (QED) is 0.681. The van der Waals surface area contributed by atoms with E-state index in [1.54, 1.807) is 6.07 Å². The van der Waals surface area contributed by atoms with Crippen LogP contribution in [0.15, 0.2) is 36.4 Å². The lowest BCUT2D eigenvalue weighted by molar-refractivity contribution is 0.397.